The average molecular weight is 522 g/mol. The highest BCUT2D eigenvalue weighted by Crippen LogP contribution is 2.42. The molecule has 0 radical (unpaired) electrons. The third kappa shape index (κ3) is 6.63. The van der Waals surface area contributed by atoms with Gasteiger partial charge < -0.3 is 10.4 Å². The van der Waals surface area contributed by atoms with E-state index in [0.717, 1.165) is 33.5 Å². The number of amidine groups is 1. The lowest BCUT2D eigenvalue weighted by Crippen LogP contribution is -2.37. The molecule has 2 aromatic carbocycles. The van der Waals surface area contributed by atoms with Crippen LogP contribution in [0.5, 0.6) is 5.75 Å². The maximum absolute atomic E-state index is 13.1. The molecule has 0 saturated carbocycles. The Hall–Kier alpha value is -3.06. The van der Waals surface area contributed by atoms with Crippen molar-refractivity contribution in [3.8, 4) is 5.75 Å². The lowest BCUT2D eigenvalue weighted by Gasteiger charge is -2.32. The predicted molar refractivity (Wildman–Crippen MR) is 155 cm³/mol. The minimum Gasteiger partial charge on any atom is -0.508 e. The summed E-state index contributed by atoms with van der Waals surface area (Å²) in [4.78, 5) is 30.5. The molecule has 0 saturated heterocycles. The highest BCUT2D eigenvalue weighted by Gasteiger charge is 2.35. The van der Waals surface area contributed by atoms with Gasteiger partial charge >= 0.3 is 0 Å². The zero-order valence-corrected chi connectivity index (χ0v) is 24.4. The van der Waals surface area contributed by atoms with E-state index in [-0.39, 0.29) is 34.1 Å². The zero-order chi connectivity index (χ0) is 27.9. The molecule has 3 rings (SSSR count). The van der Waals surface area contributed by atoms with Crippen molar-refractivity contribution >= 4 is 40.5 Å². The van der Waals surface area contributed by atoms with Crippen LogP contribution in [0.25, 0.3) is 6.08 Å². The number of carbonyl (C=O) groups is 2. The Morgan fingerprint density at radius 2 is 1.51 bits per heavy atom. The quantitative estimate of drug-likeness (QED) is 0.396. The lowest BCUT2D eigenvalue weighted by atomic mass is 9.72. The number of anilines is 1. The van der Waals surface area contributed by atoms with Gasteiger partial charge in [0.15, 0.2) is 5.17 Å². The SMILES string of the molecule is Cc1cc(C)cc(NC(=O)C(C)(C)SC2=N/C(=C/c3ccc(O)c(C(C)(C)C)c3C(C)(C)C)C(=O)N2)c1. The van der Waals surface area contributed by atoms with Crippen molar-refractivity contribution in [2.75, 3.05) is 5.32 Å². The number of rotatable bonds is 4. The number of aryl methyl sites for hydroxylation is 2. The van der Waals surface area contributed by atoms with Gasteiger partial charge in [-0.25, -0.2) is 4.99 Å². The normalized spacial score (nSPS) is 15.6. The van der Waals surface area contributed by atoms with Crippen LogP contribution in [0.15, 0.2) is 41.0 Å². The Balaban J connectivity index is 1.92. The molecule has 0 bridgehead atoms. The van der Waals surface area contributed by atoms with Crippen molar-refractivity contribution in [2.24, 2.45) is 4.99 Å². The fourth-order valence-electron chi connectivity index (χ4n) is 4.55. The molecule has 7 heteroatoms. The molecule has 1 aliphatic rings. The van der Waals surface area contributed by atoms with E-state index >= 15 is 0 Å². The molecule has 2 aromatic rings. The fourth-order valence-corrected chi connectivity index (χ4v) is 5.47. The number of hydrogen-bond donors (Lipinski definition) is 3. The van der Waals surface area contributed by atoms with Gasteiger partial charge in [-0.05, 0) is 85.1 Å². The van der Waals surface area contributed by atoms with Crippen LogP contribution in [0.3, 0.4) is 0 Å². The molecule has 0 unspecified atom stereocenters. The molecule has 6 nitrogen and oxygen atoms in total. The topological polar surface area (TPSA) is 90.8 Å². The molecule has 1 aliphatic heterocycles. The Kier molecular flexibility index (Phi) is 7.71. The van der Waals surface area contributed by atoms with Crippen LogP contribution >= 0.6 is 11.8 Å². The van der Waals surface area contributed by atoms with Gasteiger partial charge in [-0.15, -0.1) is 0 Å². The Morgan fingerprint density at radius 3 is 2.05 bits per heavy atom. The summed E-state index contributed by atoms with van der Waals surface area (Å²) >= 11 is 1.21. The molecule has 0 fully saturated rings. The summed E-state index contributed by atoms with van der Waals surface area (Å²) in [5.74, 6) is -0.259. The minimum atomic E-state index is -0.881. The molecule has 0 atom stereocenters. The Morgan fingerprint density at radius 1 is 0.946 bits per heavy atom. The summed E-state index contributed by atoms with van der Waals surface area (Å²) in [5, 5.41) is 16.9. The predicted octanol–water partition coefficient (Wildman–Crippen LogP) is 6.58. The molecular weight excluding hydrogens is 482 g/mol. The van der Waals surface area contributed by atoms with E-state index in [4.69, 9.17) is 0 Å². The molecule has 0 aromatic heterocycles. The van der Waals surface area contributed by atoms with Crippen LogP contribution in [0.4, 0.5) is 5.69 Å². The number of carbonyl (C=O) groups excluding carboxylic acids is 2. The van der Waals surface area contributed by atoms with E-state index in [2.05, 4.69) is 63.2 Å². The van der Waals surface area contributed by atoms with E-state index in [1.54, 1.807) is 26.0 Å². The summed E-state index contributed by atoms with van der Waals surface area (Å²) in [6.07, 6.45) is 1.76. The average Bonchev–Trinajstić information content (AvgIpc) is 3.04. The van der Waals surface area contributed by atoms with Crippen molar-refractivity contribution in [1.29, 1.82) is 0 Å². The van der Waals surface area contributed by atoms with Crippen LogP contribution in [-0.4, -0.2) is 26.8 Å². The van der Waals surface area contributed by atoms with Gasteiger partial charge in [-0.2, -0.15) is 0 Å². The molecule has 0 aliphatic carbocycles. The third-order valence-electron chi connectivity index (χ3n) is 6.06. The Labute approximate surface area is 225 Å². The number of phenols is 1. The molecule has 198 valence electrons. The van der Waals surface area contributed by atoms with Crippen molar-refractivity contribution in [3.63, 3.8) is 0 Å². The van der Waals surface area contributed by atoms with Gasteiger partial charge in [0, 0.05) is 11.3 Å². The van der Waals surface area contributed by atoms with Crippen molar-refractivity contribution in [2.45, 2.75) is 84.8 Å². The first-order chi connectivity index (χ1) is 16.9. The van der Waals surface area contributed by atoms with Gasteiger partial charge in [0.1, 0.15) is 11.4 Å². The Bertz CT molecular complexity index is 1290. The maximum Gasteiger partial charge on any atom is 0.275 e. The molecule has 1 heterocycles. The van der Waals surface area contributed by atoms with Crippen LogP contribution in [-0.2, 0) is 20.4 Å². The zero-order valence-electron chi connectivity index (χ0n) is 23.6. The van der Waals surface area contributed by atoms with E-state index < -0.39 is 4.75 Å². The summed E-state index contributed by atoms with van der Waals surface area (Å²) in [6.45, 7) is 20.1. The number of amides is 2. The number of aliphatic imine (C=N–C) groups is 1. The molecular formula is C30H39N3O3S. The number of nitrogens with zero attached hydrogens (tertiary/aromatic N) is 1. The highest BCUT2D eigenvalue weighted by atomic mass is 32.2. The number of benzene rings is 2. The first-order valence-electron chi connectivity index (χ1n) is 12.5. The molecule has 2 amide bonds. The van der Waals surface area contributed by atoms with Gasteiger partial charge in [0.2, 0.25) is 5.91 Å². The summed E-state index contributed by atoms with van der Waals surface area (Å²) in [6, 6.07) is 9.41. The molecule has 0 spiro atoms. The lowest BCUT2D eigenvalue weighted by molar-refractivity contribution is -0.118. The van der Waals surface area contributed by atoms with Crippen LogP contribution in [0.2, 0.25) is 0 Å². The van der Waals surface area contributed by atoms with Gasteiger partial charge in [0.05, 0.1) is 4.75 Å². The van der Waals surface area contributed by atoms with Crippen LogP contribution in [0, 0.1) is 13.8 Å². The number of aromatic hydroxyl groups is 1. The number of nitrogens with one attached hydrogen (secondary N) is 2. The van der Waals surface area contributed by atoms with Crippen LogP contribution in [0.1, 0.15) is 83.2 Å². The van der Waals surface area contributed by atoms with E-state index in [9.17, 15) is 14.7 Å². The second-order valence-corrected chi connectivity index (χ2v) is 13.9. The van der Waals surface area contributed by atoms with Crippen LogP contribution < -0.4 is 10.6 Å². The second kappa shape index (κ2) is 10.0. The summed E-state index contributed by atoms with van der Waals surface area (Å²) in [5.41, 5.74) is 5.25. The maximum atomic E-state index is 13.1. The van der Waals surface area contributed by atoms with E-state index in [1.165, 1.54) is 11.8 Å². The summed E-state index contributed by atoms with van der Waals surface area (Å²) < 4.78 is -0.881. The third-order valence-corrected chi connectivity index (χ3v) is 7.14. The first-order valence-corrected chi connectivity index (χ1v) is 13.3. The highest BCUT2D eigenvalue weighted by molar-refractivity contribution is 8.15. The number of thioether (sulfide) groups is 1. The second-order valence-electron chi connectivity index (χ2n) is 12.3. The number of hydrogen-bond acceptors (Lipinski definition) is 5. The monoisotopic (exact) mass is 521 g/mol. The van der Waals surface area contributed by atoms with Crippen molar-refractivity contribution in [1.82, 2.24) is 5.32 Å². The largest absolute Gasteiger partial charge is 0.508 e. The van der Waals surface area contributed by atoms with E-state index in [0.29, 0.717) is 5.17 Å². The molecule has 37 heavy (non-hydrogen) atoms. The van der Waals surface area contributed by atoms with E-state index in [1.807, 2.05) is 32.0 Å². The fraction of sp³-hybridized carbons (Fsp3) is 0.433. The minimum absolute atomic E-state index is 0.180. The number of phenolic OH excluding ortho intramolecular Hbond substituents is 1. The van der Waals surface area contributed by atoms with Crippen molar-refractivity contribution in [3.05, 3.63) is 63.8 Å². The van der Waals surface area contributed by atoms with Gasteiger partial charge in [-0.1, -0.05) is 65.4 Å². The molecule has 3 N–H and O–H groups in total. The smallest absolute Gasteiger partial charge is 0.275 e. The standard InChI is InChI=1S/C30H39N3O3S/c1-17-13-18(2)15-20(14-17)31-26(36)30(9,10)37-27-32-21(25(35)33-27)16-19-11-12-22(34)24(29(6,7)8)23(19)28(3,4)5/h11-16,34H,1-10H3,(H,31,36)(H,32,33,35)/b21-16+. The summed E-state index contributed by atoms with van der Waals surface area (Å²) in [7, 11) is 0. The van der Waals surface area contributed by atoms with Gasteiger partial charge in [-0.3, -0.25) is 14.9 Å². The first kappa shape index (κ1) is 28.5. The van der Waals surface area contributed by atoms with Crippen molar-refractivity contribution < 1.29 is 14.7 Å². The van der Waals surface area contributed by atoms with Gasteiger partial charge in [0.25, 0.3) is 5.91 Å².